The predicted octanol–water partition coefficient (Wildman–Crippen LogP) is -0.820. The van der Waals surface area contributed by atoms with Crippen molar-refractivity contribution in [3.8, 4) is 0 Å². The van der Waals surface area contributed by atoms with Crippen LogP contribution in [0, 0.1) is 0 Å². The van der Waals surface area contributed by atoms with E-state index in [1.165, 1.54) is 0 Å². The molecule has 1 rings (SSSR count). The zero-order chi connectivity index (χ0) is 10.6. The number of aliphatic carboxylic acids is 1. The summed E-state index contributed by atoms with van der Waals surface area (Å²) in [5, 5.41) is 10.2. The molecule has 0 atom stereocenters. The number of anilines is 1. The van der Waals surface area contributed by atoms with Gasteiger partial charge in [-0.1, -0.05) is 0 Å². The minimum atomic E-state index is -1.02. The van der Waals surface area contributed by atoms with Gasteiger partial charge in [0.1, 0.15) is 0 Å². The Morgan fingerprint density at radius 3 is 2.43 bits per heavy atom. The van der Waals surface area contributed by atoms with Crippen molar-refractivity contribution in [2.75, 3.05) is 19.0 Å². The Hall–Kier alpha value is -1.58. The molecule has 1 aromatic rings. The third-order valence-electron chi connectivity index (χ3n) is 1.96. The number of aromatic nitrogens is 1. The summed E-state index contributed by atoms with van der Waals surface area (Å²) in [6.45, 7) is 0.454. The summed E-state index contributed by atoms with van der Waals surface area (Å²) in [5.74, 6) is -1.02. The van der Waals surface area contributed by atoms with Gasteiger partial charge in [0.2, 0.25) is 0 Å². The van der Waals surface area contributed by atoms with Crippen LogP contribution < -0.4 is 14.6 Å². The largest absolute Gasteiger partial charge is 0.550 e. The molecule has 0 N–H and O–H groups in total. The average molecular weight is 194 g/mol. The number of rotatable bonds is 4. The lowest BCUT2D eigenvalue weighted by Crippen LogP contribution is -2.36. The number of nitrogens with zero attached hydrogens (tertiary/aromatic N) is 2. The van der Waals surface area contributed by atoms with E-state index in [0.717, 1.165) is 5.69 Å². The summed E-state index contributed by atoms with van der Waals surface area (Å²) >= 11 is 0. The first-order valence-electron chi connectivity index (χ1n) is 4.46. The quantitative estimate of drug-likeness (QED) is 0.588. The van der Waals surface area contributed by atoms with Crippen LogP contribution in [-0.4, -0.2) is 20.1 Å². The van der Waals surface area contributed by atoms with Gasteiger partial charge in [-0.2, -0.15) is 0 Å². The number of carbonyl (C=O) groups excluding carboxylic acids is 1. The number of pyridine rings is 1. The molecule has 0 saturated carbocycles. The predicted molar refractivity (Wildman–Crippen MR) is 50.6 cm³/mol. The van der Waals surface area contributed by atoms with Crippen molar-refractivity contribution in [2.24, 2.45) is 0 Å². The summed E-state index contributed by atoms with van der Waals surface area (Å²) in [5.41, 5.74) is 1.09. The minimum absolute atomic E-state index is 0.0476. The summed E-state index contributed by atoms with van der Waals surface area (Å²) in [4.78, 5) is 12.2. The second kappa shape index (κ2) is 4.60. The van der Waals surface area contributed by atoms with E-state index < -0.39 is 5.97 Å². The van der Waals surface area contributed by atoms with Crippen molar-refractivity contribution < 1.29 is 14.5 Å². The molecule has 0 amide bonds. The van der Waals surface area contributed by atoms with Crippen molar-refractivity contribution in [3.05, 3.63) is 24.5 Å². The Balaban J connectivity index is 2.59. The number of carbonyl (C=O) groups is 1. The standard InChI is InChI=1S/C10H14N2O2/c1-11(2)9-3-6-12(7-4-9)8-5-10(13)14/h3-4,6-7H,5,8H2,1-2H3. The molecule has 14 heavy (non-hydrogen) atoms. The molecule has 0 aliphatic heterocycles. The molecule has 1 aromatic heterocycles. The van der Waals surface area contributed by atoms with Crippen LogP contribution in [0.1, 0.15) is 6.42 Å². The van der Waals surface area contributed by atoms with Crippen molar-refractivity contribution in [2.45, 2.75) is 13.0 Å². The van der Waals surface area contributed by atoms with Gasteiger partial charge in [-0.3, -0.25) is 0 Å². The van der Waals surface area contributed by atoms with Crippen LogP contribution in [0.4, 0.5) is 5.69 Å². The van der Waals surface area contributed by atoms with Gasteiger partial charge < -0.3 is 14.8 Å². The smallest absolute Gasteiger partial charge is 0.170 e. The average Bonchev–Trinajstić information content (AvgIpc) is 2.15. The van der Waals surface area contributed by atoms with Crippen LogP contribution in [0.15, 0.2) is 24.5 Å². The van der Waals surface area contributed by atoms with Crippen molar-refractivity contribution in [1.29, 1.82) is 0 Å². The van der Waals surface area contributed by atoms with Crippen LogP contribution in [-0.2, 0) is 11.3 Å². The minimum Gasteiger partial charge on any atom is -0.550 e. The van der Waals surface area contributed by atoms with E-state index in [4.69, 9.17) is 0 Å². The highest BCUT2D eigenvalue weighted by molar-refractivity contribution is 5.63. The first kappa shape index (κ1) is 10.5. The molecule has 4 nitrogen and oxygen atoms in total. The molecular formula is C10H14N2O2. The van der Waals surface area contributed by atoms with Crippen LogP contribution in [0.3, 0.4) is 0 Å². The zero-order valence-corrected chi connectivity index (χ0v) is 8.43. The third-order valence-corrected chi connectivity index (χ3v) is 1.96. The summed E-state index contributed by atoms with van der Waals surface area (Å²) in [6, 6.07) is 3.88. The van der Waals surface area contributed by atoms with Gasteiger partial charge in [-0.05, 0) is 0 Å². The third kappa shape index (κ3) is 3.05. The zero-order valence-electron chi connectivity index (χ0n) is 8.43. The lowest BCUT2D eigenvalue weighted by atomic mass is 10.3. The molecule has 0 saturated heterocycles. The summed E-state index contributed by atoms with van der Waals surface area (Å²) in [7, 11) is 3.92. The Kier molecular flexibility index (Phi) is 3.45. The van der Waals surface area contributed by atoms with E-state index in [1.807, 2.05) is 48.1 Å². The van der Waals surface area contributed by atoms with E-state index in [2.05, 4.69) is 0 Å². The van der Waals surface area contributed by atoms with E-state index >= 15 is 0 Å². The molecule has 0 spiro atoms. The van der Waals surface area contributed by atoms with E-state index in [-0.39, 0.29) is 6.42 Å². The van der Waals surface area contributed by atoms with Gasteiger partial charge in [0.05, 0.1) is 0 Å². The number of hydrogen-bond donors (Lipinski definition) is 0. The van der Waals surface area contributed by atoms with Crippen molar-refractivity contribution in [3.63, 3.8) is 0 Å². The Morgan fingerprint density at radius 1 is 1.43 bits per heavy atom. The monoisotopic (exact) mass is 194 g/mol. The van der Waals surface area contributed by atoms with Crippen LogP contribution in [0.25, 0.3) is 0 Å². The lowest BCUT2D eigenvalue weighted by Gasteiger charge is -2.10. The molecule has 0 aliphatic rings. The molecule has 0 radical (unpaired) electrons. The Morgan fingerprint density at radius 2 is 2.00 bits per heavy atom. The van der Waals surface area contributed by atoms with Crippen LogP contribution in [0.5, 0.6) is 0 Å². The highest BCUT2D eigenvalue weighted by Crippen LogP contribution is 2.05. The van der Waals surface area contributed by atoms with Gasteiger partial charge in [-0.25, -0.2) is 4.57 Å². The van der Waals surface area contributed by atoms with Crippen molar-refractivity contribution >= 4 is 11.7 Å². The van der Waals surface area contributed by atoms with Gasteiger partial charge in [0.25, 0.3) is 0 Å². The fourth-order valence-electron chi connectivity index (χ4n) is 1.12. The second-order valence-corrected chi connectivity index (χ2v) is 3.31. The van der Waals surface area contributed by atoms with Crippen LogP contribution >= 0.6 is 0 Å². The Labute approximate surface area is 83.4 Å². The lowest BCUT2D eigenvalue weighted by molar-refractivity contribution is -0.696. The van der Waals surface area contributed by atoms with Crippen LogP contribution in [0.2, 0.25) is 0 Å². The molecular weight excluding hydrogens is 180 g/mol. The molecule has 0 unspecified atom stereocenters. The molecule has 0 aromatic carbocycles. The second-order valence-electron chi connectivity index (χ2n) is 3.31. The maximum absolute atomic E-state index is 10.2. The fraction of sp³-hybridized carbons (Fsp3) is 0.400. The summed E-state index contributed by atoms with van der Waals surface area (Å²) < 4.78 is 1.82. The first-order chi connectivity index (χ1) is 6.59. The fourth-order valence-corrected chi connectivity index (χ4v) is 1.12. The normalized spacial score (nSPS) is 9.86. The molecule has 0 fully saturated rings. The van der Waals surface area contributed by atoms with Gasteiger partial charge >= 0.3 is 0 Å². The maximum Gasteiger partial charge on any atom is 0.170 e. The molecule has 1 heterocycles. The Bertz CT molecular complexity index is 306. The van der Waals surface area contributed by atoms with Gasteiger partial charge in [-0.15, -0.1) is 0 Å². The first-order valence-corrected chi connectivity index (χ1v) is 4.46. The molecule has 76 valence electrons. The number of carboxylic acid groups (broad SMARTS) is 1. The van der Waals surface area contributed by atoms with E-state index in [1.54, 1.807) is 0 Å². The van der Waals surface area contributed by atoms with Crippen molar-refractivity contribution in [1.82, 2.24) is 0 Å². The molecule has 0 aliphatic carbocycles. The number of carboxylic acids is 1. The number of aryl methyl sites for hydroxylation is 1. The maximum atomic E-state index is 10.2. The topological polar surface area (TPSA) is 47.2 Å². The number of hydrogen-bond acceptors (Lipinski definition) is 3. The highest BCUT2D eigenvalue weighted by atomic mass is 16.4. The SMILES string of the molecule is CN(C)c1cc[n+](CCC(=O)[O-])cc1. The highest BCUT2D eigenvalue weighted by Gasteiger charge is 2.01. The van der Waals surface area contributed by atoms with Gasteiger partial charge in [0, 0.05) is 44.3 Å². The summed E-state index contributed by atoms with van der Waals surface area (Å²) in [6.07, 6.45) is 3.77. The van der Waals surface area contributed by atoms with E-state index in [9.17, 15) is 9.90 Å². The van der Waals surface area contributed by atoms with E-state index in [0.29, 0.717) is 6.54 Å². The molecule has 4 heteroatoms. The van der Waals surface area contributed by atoms with Gasteiger partial charge in [0.15, 0.2) is 18.9 Å². The molecule has 0 bridgehead atoms.